The second kappa shape index (κ2) is 4.83. The summed E-state index contributed by atoms with van der Waals surface area (Å²) >= 11 is 0. The smallest absolute Gasteiger partial charge is 0.138 e. The zero-order chi connectivity index (χ0) is 10.1. The molecular weight excluding hydrogens is 207 g/mol. The predicted molar refractivity (Wildman–Crippen MR) is 67.3 cm³/mol. The number of fused-ring (bicyclic) bond motifs is 1. The largest absolute Gasteiger partial charge is 0.338 e. The van der Waals surface area contributed by atoms with Gasteiger partial charge in [0.05, 0.1) is 11.0 Å². The van der Waals surface area contributed by atoms with Crippen molar-refractivity contribution < 1.29 is 0 Å². The molecule has 0 saturated carbocycles. The van der Waals surface area contributed by atoms with Crippen LogP contribution in [-0.4, -0.2) is 39.5 Å². The van der Waals surface area contributed by atoms with Crippen molar-refractivity contribution >= 4 is 40.6 Å². The molecule has 2 nitrogen and oxygen atoms in total. The van der Waals surface area contributed by atoms with Crippen LogP contribution in [-0.2, 0) is 0 Å². The Morgan fingerprint density at radius 2 is 1.50 bits per heavy atom. The van der Waals surface area contributed by atoms with Crippen LogP contribution in [0.25, 0.3) is 22.4 Å². The number of aromatic amines is 1. The standard InChI is InChI=1S/C13H10N2.Na/c1-2-6-10(7-3-1)13-14-11-8-4-5-9-12(11)15-13;/h1-9H,(H,14,15);. The van der Waals surface area contributed by atoms with E-state index in [-0.39, 0.29) is 29.6 Å². The molecule has 1 aromatic heterocycles. The molecule has 0 aliphatic rings. The van der Waals surface area contributed by atoms with Crippen LogP contribution >= 0.6 is 0 Å². The Kier molecular flexibility index (Phi) is 3.44. The molecular formula is C13H10N2Na. The molecule has 3 heteroatoms. The minimum atomic E-state index is 0. The van der Waals surface area contributed by atoms with Crippen molar-refractivity contribution in [3.05, 3.63) is 54.6 Å². The van der Waals surface area contributed by atoms with Gasteiger partial charge in [0.2, 0.25) is 0 Å². The summed E-state index contributed by atoms with van der Waals surface area (Å²) in [6.45, 7) is 0. The molecule has 0 aliphatic heterocycles. The summed E-state index contributed by atoms with van der Waals surface area (Å²) in [7, 11) is 0. The quantitative estimate of drug-likeness (QED) is 0.624. The molecule has 73 valence electrons. The fourth-order valence-electron chi connectivity index (χ4n) is 1.69. The minimum Gasteiger partial charge on any atom is -0.338 e. The summed E-state index contributed by atoms with van der Waals surface area (Å²) in [5.41, 5.74) is 3.21. The maximum absolute atomic E-state index is 4.53. The van der Waals surface area contributed by atoms with Gasteiger partial charge in [0.1, 0.15) is 5.82 Å². The van der Waals surface area contributed by atoms with Crippen LogP contribution in [0.3, 0.4) is 0 Å². The van der Waals surface area contributed by atoms with E-state index >= 15 is 0 Å². The number of nitrogens with zero attached hydrogens (tertiary/aromatic N) is 1. The van der Waals surface area contributed by atoms with Crippen molar-refractivity contribution in [3.8, 4) is 11.4 Å². The Morgan fingerprint density at radius 3 is 2.25 bits per heavy atom. The summed E-state index contributed by atoms with van der Waals surface area (Å²) in [5.74, 6) is 0.928. The zero-order valence-corrected chi connectivity index (χ0v) is 11.1. The predicted octanol–water partition coefficient (Wildman–Crippen LogP) is 2.85. The third-order valence-corrected chi connectivity index (χ3v) is 2.44. The number of aromatic nitrogens is 2. The first-order valence-electron chi connectivity index (χ1n) is 4.94. The molecule has 1 heterocycles. The average Bonchev–Trinajstić information content (AvgIpc) is 2.74. The summed E-state index contributed by atoms with van der Waals surface area (Å²) in [5, 5.41) is 0. The maximum atomic E-state index is 4.53. The summed E-state index contributed by atoms with van der Waals surface area (Å²) < 4.78 is 0. The van der Waals surface area contributed by atoms with Gasteiger partial charge in [-0.2, -0.15) is 0 Å². The van der Waals surface area contributed by atoms with Gasteiger partial charge in [-0.15, -0.1) is 0 Å². The van der Waals surface area contributed by atoms with Crippen molar-refractivity contribution in [1.29, 1.82) is 0 Å². The molecule has 3 aromatic rings. The van der Waals surface area contributed by atoms with E-state index in [2.05, 4.69) is 22.1 Å². The van der Waals surface area contributed by atoms with E-state index in [1.807, 2.05) is 42.5 Å². The molecule has 1 radical (unpaired) electrons. The number of rotatable bonds is 1. The molecule has 0 bridgehead atoms. The fourth-order valence-corrected chi connectivity index (χ4v) is 1.69. The summed E-state index contributed by atoms with van der Waals surface area (Å²) in [6, 6.07) is 18.2. The van der Waals surface area contributed by atoms with E-state index in [9.17, 15) is 0 Å². The van der Waals surface area contributed by atoms with E-state index in [0.29, 0.717) is 0 Å². The molecule has 0 amide bonds. The number of hydrogen-bond donors (Lipinski definition) is 1. The molecule has 2 aromatic carbocycles. The summed E-state index contributed by atoms with van der Waals surface area (Å²) in [4.78, 5) is 7.83. The van der Waals surface area contributed by atoms with Gasteiger partial charge in [-0.1, -0.05) is 42.5 Å². The number of benzene rings is 2. The van der Waals surface area contributed by atoms with Crippen LogP contribution in [0.15, 0.2) is 54.6 Å². The summed E-state index contributed by atoms with van der Waals surface area (Å²) in [6.07, 6.45) is 0. The van der Waals surface area contributed by atoms with E-state index in [0.717, 1.165) is 22.4 Å². The van der Waals surface area contributed by atoms with Gasteiger partial charge in [0.15, 0.2) is 0 Å². The van der Waals surface area contributed by atoms with Gasteiger partial charge < -0.3 is 4.98 Å². The van der Waals surface area contributed by atoms with E-state index in [1.165, 1.54) is 0 Å². The van der Waals surface area contributed by atoms with Gasteiger partial charge in [-0.05, 0) is 12.1 Å². The van der Waals surface area contributed by atoms with Crippen LogP contribution in [0.5, 0.6) is 0 Å². The van der Waals surface area contributed by atoms with Crippen molar-refractivity contribution in [2.24, 2.45) is 0 Å². The Morgan fingerprint density at radius 1 is 0.812 bits per heavy atom. The number of hydrogen-bond acceptors (Lipinski definition) is 1. The van der Waals surface area contributed by atoms with Gasteiger partial charge >= 0.3 is 0 Å². The van der Waals surface area contributed by atoms with Crippen LogP contribution in [0.2, 0.25) is 0 Å². The third kappa shape index (κ3) is 2.05. The zero-order valence-electron chi connectivity index (χ0n) is 9.14. The number of nitrogens with one attached hydrogen (secondary N) is 1. The number of H-pyrrole nitrogens is 1. The monoisotopic (exact) mass is 217 g/mol. The minimum absolute atomic E-state index is 0. The molecule has 3 rings (SSSR count). The normalized spacial score (nSPS) is 10.0. The van der Waals surface area contributed by atoms with Gasteiger partial charge in [-0.3, -0.25) is 0 Å². The van der Waals surface area contributed by atoms with E-state index in [1.54, 1.807) is 0 Å². The Bertz CT molecular complexity index is 554. The first-order valence-corrected chi connectivity index (χ1v) is 4.94. The molecule has 1 N–H and O–H groups in total. The fraction of sp³-hybridized carbons (Fsp3) is 0. The third-order valence-electron chi connectivity index (χ3n) is 2.44. The van der Waals surface area contributed by atoms with E-state index < -0.39 is 0 Å². The van der Waals surface area contributed by atoms with Crippen LogP contribution in [0, 0.1) is 0 Å². The molecule has 0 saturated heterocycles. The Labute approximate surface area is 116 Å². The molecule has 0 aliphatic carbocycles. The molecule has 16 heavy (non-hydrogen) atoms. The van der Waals surface area contributed by atoms with Crippen molar-refractivity contribution in [2.75, 3.05) is 0 Å². The average molecular weight is 217 g/mol. The Balaban J connectivity index is 0.000000963. The second-order valence-electron chi connectivity index (χ2n) is 3.47. The van der Waals surface area contributed by atoms with Crippen LogP contribution < -0.4 is 0 Å². The second-order valence-corrected chi connectivity index (χ2v) is 3.47. The first kappa shape index (κ1) is 11.4. The first-order chi connectivity index (χ1) is 7.43. The van der Waals surface area contributed by atoms with Crippen LogP contribution in [0.4, 0.5) is 0 Å². The van der Waals surface area contributed by atoms with Crippen molar-refractivity contribution in [2.45, 2.75) is 0 Å². The van der Waals surface area contributed by atoms with E-state index in [4.69, 9.17) is 0 Å². The van der Waals surface area contributed by atoms with Gasteiger partial charge in [0, 0.05) is 35.1 Å². The molecule has 0 spiro atoms. The van der Waals surface area contributed by atoms with Crippen molar-refractivity contribution in [3.63, 3.8) is 0 Å². The van der Waals surface area contributed by atoms with Crippen molar-refractivity contribution in [1.82, 2.24) is 9.97 Å². The molecule has 0 atom stereocenters. The number of imidazole rings is 1. The molecule has 0 fully saturated rings. The molecule has 0 unspecified atom stereocenters. The van der Waals surface area contributed by atoms with Crippen LogP contribution in [0.1, 0.15) is 0 Å². The topological polar surface area (TPSA) is 28.7 Å². The SMILES string of the molecule is [Na].c1ccc(-c2nc3ccccc3[nH]2)cc1. The Hall–Kier alpha value is -1.09. The van der Waals surface area contributed by atoms with Gasteiger partial charge in [0.25, 0.3) is 0 Å². The maximum Gasteiger partial charge on any atom is 0.138 e. The number of para-hydroxylation sites is 2. The van der Waals surface area contributed by atoms with Gasteiger partial charge in [-0.25, -0.2) is 4.98 Å².